The second-order valence-corrected chi connectivity index (χ2v) is 15.4. The lowest BCUT2D eigenvalue weighted by molar-refractivity contribution is 0.661. The summed E-state index contributed by atoms with van der Waals surface area (Å²) in [5.74, 6) is 0. The third-order valence-electron chi connectivity index (χ3n) is 11.9. The third-order valence-corrected chi connectivity index (χ3v) is 11.9. The van der Waals surface area contributed by atoms with Crippen LogP contribution < -0.4 is 4.90 Å². The molecule has 0 radical (unpaired) electrons. The normalized spacial score (nSPS) is 13.1. The van der Waals surface area contributed by atoms with Crippen LogP contribution in [0.1, 0.15) is 25.0 Å². The number of hydrogen-bond acceptors (Lipinski definition) is 1. The van der Waals surface area contributed by atoms with Gasteiger partial charge in [0.05, 0.1) is 11.0 Å². The molecule has 0 aliphatic heterocycles. The van der Waals surface area contributed by atoms with Crippen LogP contribution in [0.2, 0.25) is 0 Å². The molecule has 55 heavy (non-hydrogen) atoms. The van der Waals surface area contributed by atoms with Crippen molar-refractivity contribution >= 4 is 60.4 Å². The quantitative estimate of drug-likeness (QED) is 0.173. The van der Waals surface area contributed by atoms with Crippen molar-refractivity contribution in [3.05, 3.63) is 205 Å². The van der Waals surface area contributed by atoms with E-state index in [9.17, 15) is 0 Å². The molecule has 0 spiro atoms. The maximum atomic E-state index is 2.42. The van der Waals surface area contributed by atoms with E-state index in [-0.39, 0.29) is 5.41 Å². The molecule has 0 saturated carbocycles. The van der Waals surface area contributed by atoms with Crippen molar-refractivity contribution in [2.45, 2.75) is 19.3 Å². The van der Waals surface area contributed by atoms with Gasteiger partial charge in [-0.25, -0.2) is 0 Å². The molecule has 0 N–H and O–H groups in total. The van der Waals surface area contributed by atoms with E-state index in [2.05, 4.69) is 217 Å². The molecule has 11 rings (SSSR count). The highest BCUT2D eigenvalue weighted by molar-refractivity contribution is 6.22. The Morgan fingerprint density at radius 3 is 1.78 bits per heavy atom. The Bertz CT molecular complexity index is 3100. The summed E-state index contributed by atoms with van der Waals surface area (Å²) in [6.07, 6.45) is 0. The molecule has 9 aromatic carbocycles. The molecule has 0 fully saturated rings. The Morgan fingerprint density at radius 1 is 0.400 bits per heavy atom. The number of hydrogen-bond donors (Lipinski definition) is 0. The summed E-state index contributed by atoms with van der Waals surface area (Å²) in [4.78, 5) is 2.39. The minimum atomic E-state index is -0.121. The van der Waals surface area contributed by atoms with Crippen LogP contribution in [0.25, 0.3) is 71.3 Å². The molecule has 2 nitrogen and oxygen atoms in total. The minimum Gasteiger partial charge on any atom is -0.310 e. The standard InChI is InChI=1S/C53H38N2/c1-53(2)48-33-38-15-10-9-14-37(38)31-46(48)45-28-27-43(34-49(45)53)54(40-16-5-3-6-17-40)42-25-21-35(22-26-42)39-24-29-50-47(32-39)52-44-20-12-11-13-36(44)23-30-51(52)55(50)41-18-7-4-8-19-41/h3-34H,1-2H3. The monoisotopic (exact) mass is 702 g/mol. The fraction of sp³-hybridized carbons (Fsp3) is 0.0566. The summed E-state index contributed by atoms with van der Waals surface area (Å²) < 4.78 is 2.40. The number of para-hydroxylation sites is 2. The number of nitrogens with zero attached hydrogens (tertiary/aromatic N) is 2. The van der Waals surface area contributed by atoms with Gasteiger partial charge in [-0.05, 0) is 134 Å². The molecule has 1 aliphatic rings. The number of anilines is 3. The molecule has 10 aromatic rings. The lowest BCUT2D eigenvalue weighted by Gasteiger charge is -2.28. The van der Waals surface area contributed by atoms with Crippen molar-refractivity contribution in [1.29, 1.82) is 0 Å². The summed E-state index contributed by atoms with van der Waals surface area (Å²) in [6, 6.07) is 71.3. The van der Waals surface area contributed by atoms with E-state index >= 15 is 0 Å². The van der Waals surface area contributed by atoms with Gasteiger partial charge < -0.3 is 9.47 Å². The van der Waals surface area contributed by atoms with Crippen LogP contribution in [-0.4, -0.2) is 4.57 Å². The summed E-state index contributed by atoms with van der Waals surface area (Å²) >= 11 is 0. The lowest BCUT2D eigenvalue weighted by atomic mass is 9.81. The predicted molar refractivity (Wildman–Crippen MR) is 233 cm³/mol. The molecule has 1 heterocycles. The van der Waals surface area contributed by atoms with Crippen molar-refractivity contribution in [2.24, 2.45) is 0 Å². The van der Waals surface area contributed by atoms with E-state index in [0.717, 1.165) is 17.1 Å². The Kier molecular flexibility index (Phi) is 6.93. The zero-order valence-electron chi connectivity index (χ0n) is 30.9. The van der Waals surface area contributed by atoms with Gasteiger partial charge in [-0.15, -0.1) is 0 Å². The van der Waals surface area contributed by atoms with E-state index in [1.165, 1.54) is 82.4 Å². The van der Waals surface area contributed by atoms with Gasteiger partial charge in [0.2, 0.25) is 0 Å². The average molecular weight is 703 g/mol. The fourth-order valence-corrected chi connectivity index (χ4v) is 9.20. The Morgan fingerprint density at radius 2 is 1.00 bits per heavy atom. The molecule has 0 unspecified atom stereocenters. The molecule has 1 aliphatic carbocycles. The van der Waals surface area contributed by atoms with E-state index in [0.29, 0.717) is 0 Å². The van der Waals surface area contributed by atoms with E-state index in [1.54, 1.807) is 0 Å². The summed E-state index contributed by atoms with van der Waals surface area (Å²) in [6.45, 7) is 4.74. The van der Waals surface area contributed by atoms with Crippen LogP contribution in [0.3, 0.4) is 0 Å². The SMILES string of the molecule is CC1(C)c2cc(N(c3ccccc3)c3ccc(-c4ccc5c(c4)c4c6ccccc6ccc4n5-c4ccccc4)cc3)ccc2-c2cc3ccccc3cc21. The summed E-state index contributed by atoms with van der Waals surface area (Å²) in [5, 5.41) is 7.67. The number of aromatic nitrogens is 1. The first-order valence-electron chi connectivity index (χ1n) is 19.2. The zero-order chi connectivity index (χ0) is 36.7. The van der Waals surface area contributed by atoms with Gasteiger partial charge in [-0.2, -0.15) is 0 Å². The first-order chi connectivity index (χ1) is 27.0. The molecular weight excluding hydrogens is 665 g/mol. The maximum Gasteiger partial charge on any atom is 0.0547 e. The second kappa shape index (κ2) is 12.1. The van der Waals surface area contributed by atoms with Crippen molar-refractivity contribution in [1.82, 2.24) is 4.57 Å². The maximum absolute atomic E-state index is 2.42. The van der Waals surface area contributed by atoms with Gasteiger partial charge in [-0.1, -0.05) is 129 Å². The number of fused-ring (bicyclic) bond motifs is 9. The molecule has 2 heteroatoms. The topological polar surface area (TPSA) is 8.17 Å². The Hall–Kier alpha value is -6.90. The fourth-order valence-electron chi connectivity index (χ4n) is 9.20. The highest BCUT2D eigenvalue weighted by Crippen LogP contribution is 2.52. The number of benzene rings is 9. The summed E-state index contributed by atoms with van der Waals surface area (Å²) in [5.41, 5.74) is 14.7. The molecular formula is C53H38N2. The van der Waals surface area contributed by atoms with Crippen LogP contribution in [-0.2, 0) is 5.41 Å². The predicted octanol–water partition coefficient (Wildman–Crippen LogP) is 14.5. The Balaban J connectivity index is 1.02. The minimum absolute atomic E-state index is 0.121. The van der Waals surface area contributed by atoms with E-state index in [4.69, 9.17) is 0 Å². The van der Waals surface area contributed by atoms with Crippen molar-refractivity contribution in [3.63, 3.8) is 0 Å². The number of rotatable bonds is 5. The molecule has 260 valence electrons. The van der Waals surface area contributed by atoms with Crippen molar-refractivity contribution in [3.8, 4) is 27.9 Å². The summed E-state index contributed by atoms with van der Waals surface area (Å²) in [7, 11) is 0. The highest BCUT2D eigenvalue weighted by atomic mass is 15.1. The van der Waals surface area contributed by atoms with Gasteiger partial charge in [0, 0.05) is 38.9 Å². The average Bonchev–Trinajstić information content (AvgIpc) is 3.69. The third kappa shape index (κ3) is 4.88. The van der Waals surface area contributed by atoms with E-state index < -0.39 is 0 Å². The van der Waals surface area contributed by atoms with Crippen LogP contribution in [0, 0.1) is 0 Å². The van der Waals surface area contributed by atoms with Gasteiger partial charge >= 0.3 is 0 Å². The van der Waals surface area contributed by atoms with Crippen molar-refractivity contribution < 1.29 is 0 Å². The lowest BCUT2D eigenvalue weighted by Crippen LogP contribution is -2.16. The smallest absolute Gasteiger partial charge is 0.0547 e. The van der Waals surface area contributed by atoms with Crippen LogP contribution in [0.4, 0.5) is 17.1 Å². The van der Waals surface area contributed by atoms with Crippen molar-refractivity contribution in [2.75, 3.05) is 4.90 Å². The van der Waals surface area contributed by atoms with Gasteiger partial charge in [-0.3, -0.25) is 0 Å². The molecule has 0 saturated heterocycles. The van der Waals surface area contributed by atoms with Gasteiger partial charge in [0.1, 0.15) is 0 Å². The van der Waals surface area contributed by atoms with Crippen LogP contribution >= 0.6 is 0 Å². The first-order valence-corrected chi connectivity index (χ1v) is 19.2. The molecule has 0 atom stereocenters. The van der Waals surface area contributed by atoms with Crippen LogP contribution in [0.15, 0.2) is 194 Å². The van der Waals surface area contributed by atoms with Gasteiger partial charge in [0.25, 0.3) is 0 Å². The molecule has 1 aromatic heterocycles. The highest BCUT2D eigenvalue weighted by Gasteiger charge is 2.36. The zero-order valence-corrected chi connectivity index (χ0v) is 30.9. The second-order valence-electron chi connectivity index (χ2n) is 15.4. The first kappa shape index (κ1) is 31.6. The Labute approximate surface area is 321 Å². The van der Waals surface area contributed by atoms with Crippen LogP contribution in [0.5, 0.6) is 0 Å². The molecule has 0 amide bonds. The van der Waals surface area contributed by atoms with E-state index in [1.807, 2.05) is 0 Å². The van der Waals surface area contributed by atoms with Gasteiger partial charge in [0.15, 0.2) is 0 Å². The molecule has 0 bridgehead atoms. The largest absolute Gasteiger partial charge is 0.310 e.